The first-order valence-electron chi connectivity index (χ1n) is 5.72. The summed E-state index contributed by atoms with van der Waals surface area (Å²) in [5.74, 6) is -0.0186. The van der Waals surface area contributed by atoms with Crippen molar-refractivity contribution < 1.29 is 19.4 Å². The number of hydrogen-bond donors (Lipinski definition) is 1. The van der Waals surface area contributed by atoms with Crippen molar-refractivity contribution in [1.82, 2.24) is 4.98 Å². The largest absolute Gasteiger partial charge is 0.493 e. The second kappa shape index (κ2) is 5.79. The number of halogens is 1. The molecule has 2 rings (SSSR count). The van der Waals surface area contributed by atoms with Crippen LogP contribution in [0.25, 0.3) is 0 Å². The van der Waals surface area contributed by atoms with Gasteiger partial charge in [0.2, 0.25) is 5.88 Å². The minimum Gasteiger partial charge on any atom is -0.493 e. The van der Waals surface area contributed by atoms with Crippen LogP contribution in [0.1, 0.15) is 15.9 Å². The number of carbonyl (C=O) groups is 1. The fourth-order valence-corrected chi connectivity index (χ4v) is 1.80. The van der Waals surface area contributed by atoms with Crippen LogP contribution in [-0.4, -0.2) is 23.2 Å². The quantitative estimate of drug-likeness (QED) is 0.933. The topological polar surface area (TPSA) is 68.7 Å². The van der Waals surface area contributed by atoms with Gasteiger partial charge < -0.3 is 14.6 Å². The smallest absolute Gasteiger partial charge is 0.337 e. The molecule has 1 heterocycles. The number of rotatable bonds is 4. The zero-order valence-corrected chi connectivity index (χ0v) is 11.6. The highest BCUT2D eigenvalue weighted by Crippen LogP contribution is 2.32. The number of aromatic nitrogens is 1. The molecule has 1 aromatic heterocycles. The van der Waals surface area contributed by atoms with Crippen LogP contribution in [0.5, 0.6) is 17.4 Å². The van der Waals surface area contributed by atoms with Crippen molar-refractivity contribution in [3.05, 3.63) is 46.6 Å². The normalized spacial score (nSPS) is 10.2. The fraction of sp³-hybridized carbons (Fsp3) is 0.143. The molecular weight excluding hydrogens is 282 g/mol. The Balaban J connectivity index is 2.35. The van der Waals surface area contributed by atoms with Crippen LogP contribution in [0.2, 0.25) is 5.02 Å². The van der Waals surface area contributed by atoms with Crippen molar-refractivity contribution in [2.75, 3.05) is 7.11 Å². The number of benzene rings is 1. The van der Waals surface area contributed by atoms with Crippen molar-refractivity contribution in [2.45, 2.75) is 6.92 Å². The van der Waals surface area contributed by atoms with Gasteiger partial charge in [0.15, 0.2) is 11.5 Å². The van der Waals surface area contributed by atoms with Gasteiger partial charge >= 0.3 is 5.97 Å². The molecule has 0 saturated heterocycles. The first kappa shape index (κ1) is 14.1. The summed E-state index contributed by atoms with van der Waals surface area (Å²) in [5.41, 5.74) is 0.951. The van der Waals surface area contributed by atoms with Gasteiger partial charge in [-0.25, -0.2) is 9.78 Å². The van der Waals surface area contributed by atoms with E-state index < -0.39 is 5.97 Å². The standard InChI is InChI=1S/C14H12ClNO4/c1-8-3-4-11(12(5-8)19-2)20-13-6-9(14(17)18)10(15)7-16-13/h3-7H,1-2H3,(H,17,18). The third-order valence-corrected chi connectivity index (χ3v) is 2.90. The van der Waals surface area contributed by atoms with E-state index in [-0.39, 0.29) is 16.5 Å². The minimum absolute atomic E-state index is 0.0562. The molecular formula is C14H12ClNO4. The Morgan fingerprint density at radius 2 is 2.05 bits per heavy atom. The summed E-state index contributed by atoms with van der Waals surface area (Å²) in [7, 11) is 1.53. The SMILES string of the molecule is COc1cc(C)ccc1Oc1cc(C(=O)O)c(Cl)cn1. The lowest BCUT2D eigenvalue weighted by Crippen LogP contribution is -2.00. The Morgan fingerprint density at radius 1 is 1.30 bits per heavy atom. The number of aromatic carboxylic acids is 1. The first-order chi connectivity index (χ1) is 9.51. The van der Waals surface area contributed by atoms with Gasteiger partial charge in [0.25, 0.3) is 0 Å². The van der Waals surface area contributed by atoms with E-state index >= 15 is 0 Å². The summed E-state index contributed by atoms with van der Waals surface area (Å²) in [5, 5.41) is 9.06. The Labute approximate surface area is 120 Å². The average molecular weight is 294 g/mol. The molecule has 0 unspecified atom stereocenters. The number of hydrogen-bond acceptors (Lipinski definition) is 4. The van der Waals surface area contributed by atoms with Gasteiger partial charge in [-0.1, -0.05) is 17.7 Å². The van der Waals surface area contributed by atoms with E-state index in [2.05, 4.69) is 4.98 Å². The first-order valence-corrected chi connectivity index (χ1v) is 6.10. The minimum atomic E-state index is -1.14. The molecule has 0 atom stereocenters. The van der Waals surface area contributed by atoms with Gasteiger partial charge in [-0.05, 0) is 24.6 Å². The summed E-state index contributed by atoms with van der Waals surface area (Å²) in [4.78, 5) is 14.9. The molecule has 104 valence electrons. The summed E-state index contributed by atoms with van der Waals surface area (Å²) in [6, 6.07) is 6.66. The molecule has 0 fully saturated rings. The Bertz CT molecular complexity index is 658. The third kappa shape index (κ3) is 3.00. The molecule has 2 aromatic rings. The Hall–Kier alpha value is -2.27. The number of pyridine rings is 1. The van der Waals surface area contributed by atoms with Gasteiger partial charge in [-0.2, -0.15) is 0 Å². The van der Waals surface area contributed by atoms with Gasteiger partial charge in [0.1, 0.15) is 0 Å². The van der Waals surface area contributed by atoms with Gasteiger partial charge in [-0.15, -0.1) is 0 Å². The van der Waals surface area contributed by atoms with Gasteiger partial charge in [0.05, 0.1) is 23.9 Å². The maximum Gasteiger partial charge on any atom is 0.337 e. The fourth-order valence-electron chi connectivity index (χ4n) is 1.61. The molecule has 1 N–H and O–H groups in total. The van der Waals surface area contributed by atoms with Crippen molar-refractivity contribution in [3.8, 4) is 17.4 Å². The highest BCUT2D eigenvalue weighted by molar-refractivity contribution is 6.33. The van der Waals surface area contributed by atoms with Crippen LogP contribution in [0.4, 0.5) is 0 Å². The van der Waals surface area contributed by atoms with Crippen LogP contribution in [-0.2, 0) is 0 Å². The predicted octanol–water partition coefficient (Wildman–Crippen LogP) is 3.54. The molecule has 0 amide bonds. The predicted molar refractivity (Wildman–Crippen MR) is 74.0 cm³/mol. The molecule has 1 aromatic carbocycles. The number of carboxylic acids is 1. The van der Waals surface area contributed by atoms with Crippen molar-refractivity contribution in [2.24, 2.45) is 0 Å². The molecule has 20 heavy (non-hydrogen) atoms. The van der Waals surface area contributed by atoms with Crippen molar-refractivity contribution in [3.63, 3.8) is 0 Å². The number of aryl methyl sites for hydroxylation is 1. The molecule has 0 aliphatic carbocycles. The second-order valence-electron chi connectivity index (χ2n) is 4.06. The van der Waals surface area contributed by atoms with E-state index in [0.717, 1.165) is 5.56 Å². The number of methoxy groups -OCH3 is 1. The maximum atomic E-state index is 11.0. The zero-order valence-electron chi connectivity index (χ0n) is 10.9. The van der Waals surface area contributed by atoms with E-state index in [1.165, 1.54) is 19.4 Å². The van der Waals surface area contributed by atoms with Gasteiger partial charge in [0, 0.05) is 6.07 Å². The molecule has 0 radical (unpaired) electrons. The molecule has 0 saturated carbocycles. The van der Waals surface area contributed by atoms with Gasteiger partial charge in [-0.3, -0.25) is 0 Å². The lowest BCUT2D eigenvalue weighted by molar-refractivity contribution is 0.0696. The highest BCUT2D eigenvalue weighted by atomic mass is 35.5. The average Bonchev–Trinajstić information content (AvgIpc) is 2.42. The monoisotopic (exact) mass is 293 g/mol. The molecule has 0 bridgehead atoms. The van der Waals surface area contributed by atoms with Crippen LogP contribution >= 0.6 is 11.6 Å². The maximum absolute atomic E-state index is 11.0. The van der Waals surface area contributed by atoms with E-state index in [4.69, 9.17) is 26.2 Å². The number of nitrogens with zero attached hydrogens (tertiary/aromatic N) is 1. The molecule has 0 spiro atoms. The zero-order chi connectivity index (χ0) is 14.7. The van der Waals surface area contributed by atoms with Crippen LogP contribution in [0.15, 0.2) is 30.5 Å². The lowest BCUT2D eigenvalue weighted by atomic mass is 10.2. The molecule has 5 nitrogen and oxygen atoms in total. The Morgan fingerprint density at radius 3 is 2.70 bits per heavy atom. The van der Waals surface area contributed by atoms with E-state index in [0.29, 0.717) is 11.5 Å². The summed E-state index contributed by atoms with van der Waals surface area (Å²) in [6.45, 7) is 1.93. The van der Waals surface area contributed by atoms with Crippen LogP contribution in [0.3, 0.4) is 0 Å². The summed E-state index contributed by atoms with van der Waals surface area (Å²) < 4.78 is 10.7. The van der Waals surface area contributed by atoms with Crippen LogP contribution in [0, 0.1) is 6.92 Å². The molecule has 6 heteroatoms. The third-order valence-electron chi connectivity index (χ3n) is 2.59. The van der Waals surface area contributed by atoms with E-state index in [1.807, 2.05) is 19.1 Å². The highest BCUT2D eigenvalue weighted by Gasteiger charge is 2.13. The van der Waals surface area contributed by atoms with E-state index in [9.17, 15) is 4.79 Å². The number of ether oxygens (including phenoxy) is 2. The summed E-state index contributed by atoms with van der Waals surface area (Å²) in [6.07, 6.45) is 1.24. The van der Waals surface area contributed by atoms with Crippen molar-refractivity contribution in [1.29, 1.82) is 0 Å². The Kier molecular flexibility index (Phi) is 4.10. The second-order valence-corrected chi connectivity index (χ2v) is 4.47. The summed E-state index contributed by atoms with van der Waals surface area (Å²) >= 11 is 5.75. The van der Waals surface area contributed by atoms with Crippen LogP contribution < -0.4 is 9.47 Å². The lowest BCUT2D eigenvalue weighted by Gasteiger charge is -2.10. The molecule has 0 aliphatic rings. The van der Waals surface area contributed by atoms with E-state index in [1.54, 1.807) is 6.07 Å². The van der Waals surface area contributed by atoms with Crippen molar-refractivity contribution >= 4 is 17.6 Å². The molecule has 0 aliphatic heterocycles. The number of carboxylic acid groups (broad SMARTS) is 1.